The standard InChI is InChI=1S/C20H17ClN4O3/c1-12-23-16(20(26)25-15-5-3-2-4-14(15)21)9-19(24-12)22-10-13-6-7-17-18(8-13)28-11-27-17/h2-9H,10-11H2,1H3,(H,25,26)(H,22,23,24). The molecule has 3 aromatic rings. The molecule has 4 rings (SSSR count). The number of aryl methyl sites for hydroxylation is 1. The highest BCUT2D eigenvalue weighted by Crippen LogP contribution is 2.32. The van der Waals surface area contributed by atoms with Crippen molar-refractivity contribution in [3.05, 3.63) is 70.6 Å². The van der Waals surface area contributed by atoms with Crippen LogP contribution in [0.5, 0.6) is 11.5 Å². The molecule has 1 amide bonds. The second-order valence-corrected chi connectivity index (χ2v) is 6.57. The molecule has 0 aliphatic carbocycles. The maximum absolute atomic E-state index is 12.6. The summed E-state index contributed by atoms with van der Waals surface area (Å²) < 4.78 is 10.7. The van der Waals surface area contributed by atoms with Gasteiger partial charge < -0.3 is 20.1 Å². The molecule has 0 atom stereocenters. The number of carbonyl (C=O) groups is 1. The van der Waals surface area contributed by atoms with Gasteiger partial charge in [0.1, 0.15) is 17.3 Å². The minimum atomic E-state index is -0.357. The molecule has 0 radical (unpaired) electrons. The summed E-state index contributed by atoms with van der Waals surface area (Å²) in [7, 11) is 0. The normalized spacial score (nSPS) is 11.9. The van der Waals surface area contributed by atoms with Crippen LogP contribution >= 0.6 is 11.6 Å². The quantitative estimate of drug-likeness (QED) is 0.677. The van der Waals surface area contributed by atoms with Crippen LogP contribution < -0.4 is 20.1 Å². The number of anilines is 2. The maximum Gasteiger partial charge on any atom is 0.274 e. The van der Waals surface area contributed by atoms with E-state index in [9.17, 15) is 4.79 Å². The second-order valence-electron chi connectivity index (χ2n) is 6.16. The van der Waals surface area contributed by atoms with E-state index in [1.54, 1.807) is 37.3 Å². The van der Waals surface area contributed by atoms with E-state index < -0.39 is 0 Å². The van der Waals surface area contributed by atoms with Gasteiger partial charge in [0, 0.05) is 12.6 Å². The maximum atomic E-state index is 12.6. The number of fused-ring (bicyclic) bond motifs is 1. The molecule has 0 unspecified atom stereocenters. The molecule has 1 aliphatic heterocycles. The highest BCUT2D eigenvalue weighted by Gasteiger charge is 2.14. The van der Waals surface area contributed by atoms with Crippen molar-refractivity contribution < 1.29 is 14.3 Å². The highest BCUT2D eigenvalue weighted by molar-refractivity contribution is 6.33. The summed E-state index contributed by atoms with van der Waals surface area (Å²) >= 11 is 6.10. The predicted molar refractivity (Wildman–Crippen MR) is 106 cm³/mol. The van der Waals surface area contributed by atoms with E-state index >= 15 is 0 Å². The summed E-state index contributed by atoms with van der Waals surface area (Å²) in [5, 5.41) is 6.43. The molecule has 142 valence electrons. The van der Waals surface area contributed by atoms with E-state index in [0.29, 0.717) is 28.9 Å². The molecule has 1 aliphatic rings. The van der Waals surface area contributed by atoms with Gasteiger partial charge in [0.05, 0.1) is 10.7 Å². The Morgan fingerprint density at radius 3 is 2.79 bits per heavy atom. The van der Waals surface area contributed by atoms with Crippen molar-refractivity contribution in [3.63, 3.8) is 0 Å². The second kappa shape index (κ2) is 7.74. The van der Waals surface area contributed by atoms with Gasteiger partial charge in [-0.2, -0.15) is 0 Å². The largest absolute Gasteiger partial charge is 0.454 e. The molecule has 2 N–H and O–H groups in total. The zero-order valence-electron chi connectivity index (χ0n) is 15.0. The minimum absolute atomic E-state index is 0.237. The van der Waals surface area contributed by atoms with Crippen molar-refractivity contribution in [2.24, 2.45) is 0 Å². The Bertz CT molecular complexity index is 1040. The molecule has 0 bridgehead atoms. The molecular formula is C20H17ClN4O3. The number of aromatic nitrogens is 2. The number of rotatable bonds is 5. The molecule has 7 nitrogen and oxygen atoms in total. The molecule has 0 spiro atoms. The van der Waals surface area contributed by atoms with E-state index in [1.807, 2.05) is 18.2 Å². The lowest BCUT2D eigenvalue weighted by Crippen LogP contribution is -2.16. The van der Waals surface area contributed by atoms with E-state index in [1.165, 1.54) is 0 Å². The average molecular weight is 397 g/mol. The van der Waals surface area contributed by atoms with Crippen molar-refractivity contribution in [1.29, 1.82) is 0 Å². The van der Waals surface area contributed by atoms with Crippen molar-refractivity contribution >= 4 is 29.0 Å². The van der Waals surface area contributed by atoms with Gasteiger partial charge in [-0.05, 0) is 36.8 Å². The van der Waals surface area contributed by atoms with Crippen LogP contribution in [0.25, 0.3) is 0 Å². The first-order valence-corrected chi connectivity index (χ1v) is 9.00. The van der Waals surface area contributed by atoms with Crippen LogP contribution in [-0.2, 0) is 6.54 Å². The first-order chi connectivity index (χ1) is 13.6. The fraction of sp³-hybridized carbons (Fsp3) is 0.150. The van der Waals surface area contributed by atoms with Gasteiger partial charge in [-0.1, -0.05) is 29.8 Å². The van der Waals surface area contributed by atoms with Gasteiger partial charge in [0.25, 0.3) is 5.91 Å². The fourth-order valence-corrected chi connectivity index (χ4v) is 2.95. The molecule has 0 fully saturated rings. The average Bonchev–Trinajstić information content (AvgIpc) is 3.15. The van der Waals surface area contributed by atoms with E-state index in [2.05, 4.69) is 20.6 Å². The lowest BCUT2D eigenvalue weighted by Gasteiger charge is -2.10. The van der Waals surface area contributed by atoms with Crippen LogP contribution in [0.15, 0.2) is 48.5 Å². The van der Waals surface area contributed by atoms with Gasteiger partial charge in [0.2, 0.25) is 6.79 Å². The minimum Gasteiger partial charge on any atom is -0.454 e. The number of carbonyl (C=O) groups excluding carboxylic acids is 1. The molecule has 2 aromatic carbocycles. The van der Waals surface area contributed by atoms with Crippen LogP contribution in [0.4, 0.5) is 11.5 Å². The Morgan fingerprint density at radius 1 is 1.11 bits per heavy atom. The first kappa shape index (κ1) is 18.1. The third-order valence-corrected chi connectivity index (χ3v) is 4.43. The number of benzene rings is 2. The third-order valence-electron chi connectivity index (χ3n) is 4.10. The van der Waals surface area contributed by atoms with Crippen LogP contribution in [0.3, 0.4) is 0 Å². The number of para-hydroxylation sites is 1. The molecule has 8 heteroatoms. The van der Waals surface area contributed by atoms with Gasteiger partial charge in [-0.3, -0.25) is 4.79 Å². The highest BCUT2D eigenvalue weighted by atomic mass is 35.5. The number of nitrogens with zero attached hydrogens (tertiary/aromatic N) is 2. The summed E-state index contributed by atoms with van der Waals surface area (Å²) in [6.07, 6.45) is 0. The van der Waals surface area contributed by atoms with Crippen LogP contribution in [-0.4, -0.2) is 22.7 Å². The summed E-state index contributed by atoms with van der Waals surface area (Å²) in [6.45, 7) is 2.48. The third kappa shape index (κ3) is 3.99. The summed E-state index contributed by atoms with van der Waals surface area (Å²) in [5.74, 6) is 2.14. The van der Waals surface area contributed by atoms with E-state index in [0.717, 1.165) is 17.1 Å². The van der Waals surface area contributed by atoms with Crippen LogP contribution in [0.1, 0.15) is 21.9 Å². The van der Waals surface area contributed by atoms with E-state index in [-0.39, 0.29) is 18.4 Å². The van der Waals surface area contributed by atoms with Crippen molar-refractivity contribution in [1.82, 2.24) is 9.97 Å². The lowest BCUT2D eigenvalue weighted by atomic mass is 10.2. The molecule has 0 saturated carbocycles. The number of nitrogens with one attached hydrogen (secondary N) is 2. The number of hydrogen-bond acceptors (Lipinski definition) is 6. The smallest absolute Gasteiger partial charge is 0.274 e. The first-order valence-electron chi connectivity index (χ1n) is 8.62. The SMILES string of the molecule is Cc1nc(NCc2ccc3c(c2)OCO3)cc(C(=O)Nc2ccccc2Cl)n1. The fourth-order valence-electron chi connectivity index (χ4n) is 2.77. The number of halogens is 1. The van der Waals surface area contributed by atoms with Gasteiger partial charge in [-0.25, -0.2) is 9.97 Å². The van der Waals surface area contributed by atoms with Crippen LogP contribution in [0, 0.1) is 6.92 Å². The Morgan fingerprint density at radius 2 is 1.93 bits per heavy atom. The van der Waals surface area contributed by atoms with Crippen molar-refractivity contribution in [3.8, 4) is 11.5 Å². The van der Waals surface area contributed by atoms with Crippen molar-refractivity contribution in [2.75, 3.05) is 17.4 Å². The van der Waals surface area contributed by atoms with Gasteiger partial charge in [-0.15, -0.1) is 0 Å². The van der Waals surface area contributed by atoms with Gasteiger partial charge in [0.15, 0.2) is 11.5 Å². The van der Waals surface area contributed by atoms with E-state index in [4.69, 9.17) is 21.1 Å². The number of hydrogen-bond donors (Lipinski definition) is 2. The van der Waals surface area contributed by atoms with Crippen LogP contribution in [0.2, 0.25) is 5.02 Å². The molecular weight excluding hydrogens is 380 g/mol. The zero-order valence-corrected chi connectivity index (χ0v) is 15.8. The molecule has 2 heterocycles. The monoisotopic (exact) mass is 396 g/mol. The van der Waals surface area contributed by atoms with Crippen molar-refractivity contribution in [2.45, 2.75) is 13.5 Å². The molecule has 28 heavy (non-hydrogen) atoms. The molecule has 1 aromatic heterocycles. The zero-order chi connectivity index (χ0) is 19.5. The lowest BCUT2D eigenvalue weighted by molar-refractivity contribution is 0.102. The number of ether oxygens (including phenoxy) is 2. The Hall–Kier alpha value is -3.32. The van der Waals surface area contributed by atoms with Gasteiger partial charge >= 0.3 is 0 Å². The summed E-state index contributed by atoms with van der Waals surface area (Å²) in [4.78, 5) is 21.1. The Balaban J connectivity index is 1.47. The number of amides is 1. The predicted octanol–water partition coefficient (Wildman–Crippen LogP) is 4.03. The topological polar surface area (TPSA) is 85.4 Å². The summed E-state index contributed by atoms with van der Waals surface area (Å²) in [5.41, 5.74) is 1.78. The Labute approximate surface area is 166 Å². The summed E-state index contributed by atoms with van der Waals surface area (Å²) in [6, 6.07) is 14.4. The molecule has 0 saturated heterocycles. The Kier molecular flexibility index (Phi) is 4.99.